The van der Waals surface area contributed by atoms with Crippen molar-refractivity contribution >= 4 is 17.3 Å². The predicted molar refractivity (Wildman–Crippen MR) is 46.7 cm³/mol. The van der Waals surface area contributed by atoms with Crippen LogP contribution in [0.15, 0.2) is 11.4 Å². The summed E-state index contributed by atoms with van der Waals surface area (Å²) in [6.07, 6.45) is -7.44. The Morgan fingerprint density at radius 1 is 1.60 bits per heavy atom. The summed E-state index contributed by atoms with van der Waals surface area (Å²) in [6.45, 7) is 0. The molecule has 84 valence electrons. The van der Waals surface area contributed by atoms with Crippen molar-refractivity contribution in [2.45, 2.75) is 12.3 Å². The van der Waals surface area contributed by atoms with Gasteiger partial charge in [0.2, 0.25) is 0 Å². The Morgan fingerprint density at radius 2 is 2.20 bits per heavy atom. The van der Waals surface area contributed by atoms with Crippen LogP contribution in [0, 0.1) is 0 Å². The minimum Gasteiger partial charge on any atom is -0.465 e. The lowest BCUT2D eigenvalue weighted by molar-refractivity contribution is -0.206. The summed E-state index contributed by atoms with van der Waals surface area (Å²) in [5.74, 6) is -0.886. The third kappa shape index (κ3) is 2.48. The second-order valence-electron chi connectivity index (χ2n) is 2.64. The molecule has 1 atom stereocenters. The van der Waals surface area contributed by atoms with E-state index in [2.05, 4.69) is 4.74 Å². The summed E-state index contributed by atoms with van der Waals surface area (Å²) in [5.41, 5.74) is -0.473. The van der Waals surface area contributed by atoms with Crippen LogP contribution in [0.3, 0.4) is 0 Å². The number of thiophene rings is 1. The number of hydrogen-bond acceptors (Lipinski definition) is 4. The second-order valence-corrected chi connectivity index (χ2v) is 3.56. The first-order valence-corrected chi connectivity index (χ1v) is 4.66. The lowest BCUT2D eigenvalue weighted by atomic mass is 10.1. The molecule has 1 heterocycles. The number of esters is 1. The summed E-state index contributed by atoms with van der Waals surface area (Å²) in [5, 5.41) is 10.2. The van der Waals surface area contributed by atoms with Crippen molar-refractivity contribution in [3.8, 4) is 0 Å². The number of ether oxygens (including phenoxy) is 1. The van der Waals surface area contributed by atoms with Crippen molar-refractivity contribution in [3.05, 3.63) is 21.9 Å². The quantitative estimate of drug-likeness (QED) is 0.805. The van der Waals surface area contributed by atoms with Crippen molar-refractivity contribution in [3.63, 3.8) is 0 Å². The van der Waals surface area contributed by atoms with Crippen LogP contribution in [0.5, 0.6) is 0 Å². The van der Waals surface area contributed by atoms with E-state index < -0.39 is 23.8 Å². The molecule has 0 saturated carbocycles. The van der Waals surface area contributed by atoms with Gasteiger partial charge in [0.05, 0.1) is 7.11 Å². The summed E-state index contributed by atoms with van der Waals surface area (Å²) in [7, 11) is 1.06. The van der Waals surface area contributed by atoms with Gasteiger partial charge in [-0.15, -0.1) is 11.3 Å². The summed E-state index contributed by atoms with van der Waals surface area (Å²) < 4.78 is 40.8. The first-order valence-electron chi connectivity index (χ1n) is 3.78. The molecule has 1 rings (SSSR count). The van der Waals surface area contributed by atoms with Gasteiger partial charge in [-0.05, 0) is 11.4 Å². The second kappa shape index (κ2) is 4.19. The van der Waals surface area contributed by atoms with E-state index in [1.165, 1.54) is 5.38 Å². The van der Waals surface area contributed by atoms with Crippen molar-refractivity contribution in [1.29, 1.82) is 0 Å². The molecule has 0 aliphatic carbocycles. The lowest BCUT2D eigenvalue weighted by Gasteiger charge is -2.14. The summed E-state index contributed by atoms with van der Waals surface area (Å²) in [4.78, 5) is 10.8. The average Bonchev–Trinajstić information content (AvgIpc) is 2.62. The molecule has 3 nitrogen and oxygen atoms in total. The van der Waals surface area contributed by atoms with Gasteiger partial charge in [0.1, 0.15) is 4.88 Å². The van der Waals surface area contributed by atoms with E-state index in [9.17, 15) is 18.0 Å². The number of hydrogen-bond donors (Lipinski definition) is 1. The van der Waals surface area contributed by atoms with E-state index in [0.29, 0.717) is 0 Å². The van der Waals surface area contributed by atoms with Gasteiger partial charge >= 0.3 is 12.1 Å². The summed E-state index contributed by atoms with van der Waals surface area (Å²) in [6, 6.07) is 1.05. The van der Waals surface area contributed by atoms with Gasteiger partial charge < -0.3 is 9.84 Å². The Morgan fingerprint density at radius 3 is 2.67 bits per heavy atom. The zero-order valence-corrected chi connectivity index (χ0v) is 8.35. The third-order valence-electron chi connectivity index (χ3n) is 1.67. The molecule has 0 spiro atoms. The lowest BCUT2D eigenvalue weighted by Crippen LogP contribution is -2.21. The van der Waals surface area contributed by atoms with E-state index >= 15 is 0 Å². The number of aliphatic hydroxyl groups excluding tert-OH is 1. The van der Waals surface area contributed by atoms with Gasteiger partial charge in [0.15, 0.2) is 6.10 Å². The maximum absolute atomic E-state index is 12.2. The predicted octanol–water partition coefficient (Wildman–Crippen LogP) is 2.13. The van der Waals surface area contributed by atoms with Crippen LogP contribution < -0.4 is 0 Å². The van der Waals surface area contributed by atoms with Gasteiger partial charge in [-0.3, -0.25) is 0 Å². The Kier molecular flexibility index (Phi) is 3.35. The highest BCUT2D eigenvalue weighted by molar-refractivity contribution is 7.12. The fourth-order valence-electron chi connectivity index (χ4n) is 0.969. The van der Waals surface area contributed by atoms with Crippen molar-refractivity contribution in [2.75, 3.05) is 7.11 Å². The first-order chi connectivity index (χ1) is 6.88. The molecular weight excluding hydrogens is 233 g/mol. The molecule has 0 aromatic carbocycles. The van der Waals surface area contributed by atoms with Crippen LogP contribution in [0.2, 0.25) is 0 Å². The molecule has 15 heavy (non-hydrogen) atoms. The molecule has 1 N–H and O–H groups in total. The Balaban J connectivity index is 3.05. The molecule has 0 fully saturated rings. The van der Waals surface area contributed by atoms with Crippen molar-refractivity contribution in [1.82, 2.24) is 0 Å². The molecule has 1 unspecified atom stereocenters. The van der Waals surface area contributed by atoms with Crippen LogP contribution in [-0.2, 0) is 4.74 Å². The number of rotatable bonds is 2. The highest BCUT2D eigenvalue weighted by atomic mass is 32.1. The standard InChI is InChI=1S/C8H7F3O3S/c1-14-7(13)5-4(2-3-15-5)6(12)8(9,10)11/h2-3,6,12H,1H3. The van der Waals surface area contributed by atoms with Crippen molar-refractivity contribution in [2.24, 2.45) is 0 Å². The Hall–Kier alpha value is -1.08. The highest BCUT2D eigenvalue weighted by Gasteiger charge is 2.41. The average molecular weight is 240 g/mol. The monoisotopic (exact) mass is 240 g/mol. The molecular formula is C8H7F3O3S. The van der Waals surface area contributed by atoms with Gasteiger partial charge in [-0.25, -0.2) is 4.79 Å². The molecule has 0 aliphatic heterocycles. The van der Waals surface area contributed by atoms with Crippen LogP contribution in [-0.4, -0.2) is 24.4 Å². The molecule has 0 saturated heterocycles. The van der Waals surface area contributed by atoms with Crippen LogP contribution in [0.25, 0.3) is 0 Å². The highest BCUT2D eigenvalue weighted by Crippen LogP contribution is 2.36. The minimum atomic E-state index is -4.79. The molecule has 1 aromatic rings. The third-order valence-corrected chi connectivity index (χ3v) is 2.58. The topological polar surface area (TPSA) is 46.5 Å². The van der Waals surface area contributed by atoms with E-state index in [1.54, 1.807) is 0 Å². The Bertz CT molecular complexity index is 358. The van der Waals surface area contributed by atoms with Gasteiger partial charge in [0, 0.05) is 5.56 Å². The number of alkyl halides is 3. The molecule has 7 heteroatoms. The van der Waals surface area contributed by atoms with Crippen LogP contribution in [0.4, 0.5) is 13.2 Å². The molecule has 0 radical (unpaired) electrons. The van der Waals surface area contributed by atoms with Gasteiger partial charge in [-0.1, -0.05) is 0 Å². The van der Waals surface area contributed by atoms with Crippen LogP contribution in [0.1, 0.15) is 21.3 Å². The zero-order valence-electron chi connectivity index (χ0n) is 7.54. The normalized spacial score (nSPS) is 13.7. The SMILES string of the molecule is COC(=O)c1sccc1C(O)C(F)(F)F. The fraction of sp³-hybridized carbons (Fsp3) is 0.375. The maximum Gasteiger partial charge on any atom is 0.418 e. The van der Waals surface area contributed by atoms with Gasteiger partial charge in [-0.2, -0.15) is 13.2 Å². The number of carbonyl (C=O) groups excluding carboxylic acids is 1. The zero-order chi connectivity index (χ0) is 11.6. The first kappa shape index (κ1) is 12.0. The van der Waals surface area contributed by atoms with E-state index in [4.69, 9.17) is 5.11 Å². The minimum absolute atomic E-state index is 0.234. The number of carbonyl (C=O) groups is 1. The molecule has 0 amide bonds. The van der Waals surface area contributed by atoms with Crippen molar-refractivity contribution < 1.29 is 27.8 Å². The number of halogens is 3. The molecule has 1 aromatic heterocycles. The smallest absolute Gasteiger partial charge is 0.418 e. The Labute approximate surface area is 87.1 Å². The van der Waals surface area contributed by atoms with E-state index in [-0.39, 0.29) is 4.88 Å². The molecule has 0 bridgehead atoms. The van der Waals surface area contributed by atoms with E-state index in [0.717, 1.165) is 24.5 Å². The van der Waals surface area contributed by atoms with Crippen LogP contribution >= 0.6 is 11.3 Å². The number of aliphatic hydroxyl groups is 1. The van der Waals surface area contributed by atoms with Gasteiger partial charge in [0.25, 0.3) is 0 Å². The van der Waals surface area contributed by atoms with E-state index in [1.807, 2.05) is 0 Å². The fourth-order valence-corrected chi connectivity index (χ4v) is 1.82. The number of methoxy groups -OCH3 is 1. The summed E-state index contributed by atoms with van der Waals surface area (Å²) >= 11 is 0.792. The maximum atomic E-state index is 12.2. The largest absolute Gasteiger partial charge is 0.465 e. The molecule has 0 aliphatic rings.